The normalized spacial score (nSPS) is 12.0. The Morgan fingerprint density at radius 2 is 1.73 bits per heavy atom. The number of halogens is 2. The number of nitrogens with zero attached hydrogens (tertiary/aromatic N) is 3. The molecule has 0 radical (unpaired) electrons. The van der Waals surface area contributed by atoms with E-state index in [2.05, 4.69) is 10.3 Å². The number of anilines is 1. The first kappa shape index (κ1) is 24.8. The van der Waals surface area contributed by atoms with E-state index >= 15 is 4.39 Å². The van der Waals surface area contributed by atoms with Crippen LogP contribution >= 0.6 is 0 Å². The number of fused-ring (bicyclic) bond motifs is 2. The Morgan fingerprint density at radius 1 is 0.975 bits per heavy atom. The van der Waals surface area contributed by atoms with Crippen LogP contribution in [-0.2, 0) is 7.05 Å². The van der Waals surface area contributed by atoms with Crippen LogP contribution in [0.5, 0.6) is 23.0 Å². The van der Waals surface area contributed by atoms with Crippen LogP contribution in [0, 0.1) is 11.6 Å². The van der Waals surface area contributed by atoms with Gasteiger partial charge in [-0.1, -0.05) is 0 Å². The Kier molecular flexibility index (Phi) is 5.99. The molecule has 1 aliphatic rings. The van der Waals surface area contributed by atoms with Gasteiger partial charge in [-0.05, 0) is 48.5 Å². The zero-order chi connectivity index (χ0) is 28.0. The highest BCUT2D eigenvalue weighted by molar-refractivity contribution is 6.03. The van der Waals surface area contributed by atoms with Crippen LogP contribution < -0.4 is 30.8 Å². The van der Waals surface area contributed by atoms with E-state index in [4.69, 9.17) is 14.2 Å². The third kappa shape index (κ3) is 4.41. The molecule has 6 rings (SSSR count). The van der Waals surface area contributed by atoms with Crippen molar-refractivity contribution in [3.8, 4) is 28.7 Å². The van der Waals surface area contributed by atoms with Crippen molar-refractivity contribution in [1.82, 2.24) is 14.1 Å². The van der Waals surface area contributed by atoms with E-state index in [1.54, 1.807) is 18.2 Å². The zero-order valence-corrected chi connectivity index (χ0v) is 20.7. The molecule has 1 N–H and O–H groups in total. The maximum Gasteiger partial charge on any atom is 0.335 e. The molecular formula is C28H18F2N4O6. The molecule has 40 heavy (non-hydrogen) atoms. The number of nitrogens with one attached hydrogen (secondary N) is 1. The lowest BCUT2D eigenvalue weighted by Crippen LogP contribution is -2.41. The van der Waals surface area contributed by atoms with Gasteiger partial charge in [0.15, 0.2) is 23.1 Å². The lowest BCUT2D eigenvalue weighted by Gasteiger charge is -2.12. The predicted octanol–water partition coefficient (Wildman–Crippen LogP) is 4.14. The standard InChI is InChI=1S/C28H18F2N4O6/c1-33-13-19(27(36)34(28(33)37)17-5-2-15(29)3-6-17)26(35)32-16-4-7-23(20(30)10-16)40-22-8-9-31-21-12-25-24(11-18(21)22)38-14-39-25/h2-13H,14H2,1H3,(H,32,35). The van der Waals surface area contributed by atoms with E-state index in [0.29, 0.717) is 28.2 Å². The van der Waals surface area contributed by atoms with E-state index in [1.165, 1.54) is 37.5 Å². The quantitative estimate of drug-likeness (QED) is 0.354. The second kappa shape index (κ2) is 9.66. The second-order valence-electron chi connectivity index (χ2n) is 8.79. The average molecular weight is 544 g/mol. The minimum absolute atomic E-state index is 0.0411. The highest BCUT2D eigenvalue weighted by atomic mass is 19.1. The Hall–Kier alpha value is -5.52. The third-order valence-electron chi connectivity index (χ3n) is 6.18. The summed E-state index contributed by atoms with van der Waals surface area (Å²) in [6, 6.07) is 13.4. The van der Waals surface area contributed by atoms with Gasteiger partial charge in [0.1, 0.15) is 17.1 Å². The monoisotopic (exact) mass is 544 g/mol. The molecule has 0 unspecified atom stereocenters. The Labute approximate surface area is 223 Å². The molecule has 3 aromatic carbocycles. The maximum atomic E-state index is 15.0. The summed E-state index contributed by atoms with van der Waals surface area (Å²) in [6.07, 6.45) is 2.59. The van der Waals surface area contributed by atoms with Crippen molar-refractivity contribution in [2.24, 2.45) is 7.05 Å². The fraction of sp³-hybridized carbons (Fsp3) is 0.0714. The van der Waals surface area contributed by atoms with E-state index in [1.807, 2.05) is 0 Å². The summed E-state index contributed by atoms with van der Waals surface area (Å²) >= 11 is 0. The molecule has 2 aromatic heterocycles. The fourth-order valence-corrected chi connectivity index (χ4v) is 4.22. The van der Waals surface area contributed by atoms with Crippen LogP contribution in [0.4, 0.5) is 14.5 Å². The van der Waals surface area contributed by atoms with Gasteiger partial charge in [0, 0.05) is 42.6 Å². The van der Waals surface area contributed by atoms with Crippen molar-refractivity contribution in [3.05, 3.63) is 111 Å². The first-order chi connectivity index (χ1) is 19.3. The first-order valence-electron chi connectivity index (χ1n) is 11.8. The van der Waals surface area contributed by atoms with E-state index in [0.717, 1.165) is 33.5 Å². The van der Waals surface area contributed by atoms with E-state index in [-0.39, 0.29) is 29.5 Å². The minimum atomic E-state index is -0.918. The zero-order valence-electron chi connectivity index (χ0n) is 20.7. The highest BCUT2D eigenvalue weighted by Crippen LogP contribution is 2.39. The predicted molar refractivity (Wildman–Crippen MR) is 140 cm³/mol. The summed E-state index contributed by atoms with van der Waals surface area (Å²) in [5.41, 5.74) is -1.34. The van der Waals surface area contributed by atoms with Gasteiger partial charge in [0.25, 0.3) is 11.5 Å². The molecular weight excluding hydrogens is 526 g/mol. The van der Waals surface area contributed by atoms with Gasteiger partial charge in [-0.15, -0.1) is 0 Å². The van der Waals surface area contributed by atoms with Crippen LogP contribution in [0.25, 0.3) is 16.6 Å². The summed E-state index contributed by atoms with van der Waals surface area (Å²) in [5.74, 6) is -0.948. The summed E-state index contributed by atoms with van der Waals surface area (Å²) in [4.78, 5) is 42.9. The van der Waals surface area contributed by atoms with Crippen LogP contribution in [0.3, 0.4) is 0 Å². The molecule has 1 aliphatic heterocycles. The largest absolute Gasteiger partial charge is 0.454 e. The third-order valence-corrected chi connectivity index (χ3v) is 6.18. The van der Waals surface area contributed by atoms with Crippen LogP contribution in [0.2, 0.25) is 0 Å². The molecule has 0 spiro atoms. The number of ether oxygens (including phenoxy) is 3. The molecule has 0 bridgehead atoms. The minimum Gasteiger partial charge on any atom is -0.454 e. The molecule has 0 atom stereocenters. The number of hydrogen-bond acceptors (Lipinski definition) is 7. The molecule has 5 aromatic rings. The molecule has 0 aliphatic carbocycles. The topological polar surface area (TPSA) is 114 Å². The van der Waals surface area contributed by atoms with Crippen molar-refractivity contribution in [2.75, 3.05) is 12.1 Å². The van der Waals surface area contributed by atoms with Gasteiger partial charge in [-0.3, -0.25) is 14.6 Å². The van der Waals surface area contributed by atoms with Crippen molar-refractivity contribution >= 4 is 22.5 Å². The second-order valence-corrected chi connectivity index (χ2v) is 8.79. The molecule has 0 saturated heterocycles. The number of hydrogen-bond donors (Lipinski definition) is 1. The number of amides is 1. The van der Waals surface area contributed by atoms with Crippen LogP contribution in [0.15, 0.2) is 82.6 Å². The number of benzene rings is 3. The average Bonchev–Trinajstić information content (AvgIpc) is 3.40. The molecule has 0 saturated carbocycles. The number of aromatic nitrogens is 3. The van der Waals surface area contributed by atoms with Gasteiger partial charge >= 0.3 is 5.69 Å². The molecule has 3 heterocycles. The van der Waals surface area contributed by atoms with Gasteiger partial charge < -0.3 is 24.1 Å². The smallest absolute Gasteiger partial charge is 0.335 e. The number of carbonyl (C=O) groups excluding carboxylic acids is 1. The summed E-state index contributed by atoms with van der Waals surface area (Å²) in [6.45, 7) is 0.0863. The molecule has 200 valence electrons. The van der Waals surface area contributed by atoms with Crippen molar-refractivity contribution in [2.45, 2.75) is 0 Å². The Bertz CT molecular complexity index is 1940. The number of aryl methyl sites for hydroxylation is 1. The SMILES string of the molecule is Cn1cc(C(=O)Nc2ccc(Oc3ccnc4cc5c(cc34)OCO5)c(F)c2)c(=O)n(-c2ccc(F)cc2)c1=O. The number of pyridine rings is 1. The van der Waals surface area contributed by atoms with Crippen molar-refractivity contribution in [3.63, 3.8) is 0 Å². The highest BCUT2D eigenvalue weighted by Gasteiger charge is 2.20. The van der Waals surface area contributed by atoms with Crippen LogP contribution in [0.1, 0.15) is 10.4 Å². The Balaban J connectivity index is 1.27. The molecule has 10 nitrogen and oxygen atoms in total. The summed E-state index contributed by atoms with van der Waals surface area (Å²) in [7, 11) is 1.36. The number of rotatable bonds is 5. The lowest BCUT2D eigenvalue weighted by molar-refractivity contribution is 0.102. The van der Waals surface area contributed by atoms with Gasteiger partial charge in [-0.2, -0.15) is 0 Å². The maximum absolute atomic E-state index is 15.0. The van der Waals surface area contributed by atoms with E-state index < -0.39 is 28.8 Å². The van der Waals surface area contributed by atoms with Crippen LogP contribution in [-0.4, -0.2) is 26.8 Å². The summed E-state index contributed by atoms with van der Waals surface area (Å²) < 4.78 is 46.8. The molecule has 12 heteroatoms. The lowest BCUT2D eigenvalue weighted by atomic mass is 10.2. The molecule has 1 amide bonds. The van der Waals surface area contributed by atoms with Crippen molar-refractivity contribution < 1.29 is 27.8 Å². The summed E-state index contributed by atoms with van der Waals surface area (Å²) in [5, 5.41) is 3.04. The number of carbonyl (C=O) groups is 1. The van der Waals surface area contributed by atoms with E-state index in [9.17, 15) is 18.8 Å². The first-order valence-corrected chi connectivity index (χ1v) is 11.8. The molecule has 0 fully saturated rings. The van der Waals surface area contributed by atoms with Gasteiger partial charge in [0.2, 0.25) is 6.79 Å². The van der Waals surface area contributed by atoms with Crippen molar-refractivity contribution in [1.29, 1.82) is 0 Å². The van der Waals surface area contributed by atoms with Gasteiger partial charge in [0.05, 0.1) is 11.2 Å². The Morgan fingerprint density at radius 3 is 2.48 bits per heavy atom. The fourth-order valence-electron chi connectivity index (χ4n) is 4.22. The van der Waals surface area contributed by atoms with Gasteiger partial charge in [-0.25, -0.2) is 18.1 Å².